The van der Waals surface area contributed by atoms with Gasteiger partial charge in [-0.25, -0.2) is 15.0 Å². The standard InChI is InChI=1S/C49H35N3/c1-49(2)44-28-10-9-21-39(44)41-27-14-26-40(45(41)49)38-25-13-24-37-36-23-12-22-35(42(36)30-43(37)38)33-19-11-20-34(29-33)48-51-46(31-15-5-3-6-16-31)50-47(52-48)32-17-7-4-8-18-32/h3-29H,30H2,1-2H3. The van der Waals surface area contributed by atoms with Crippen LogP contribution in [0, 0.1) is 0 Å². The van der Waals surface area contributed by atoms with Gasteiger partial charge < -0.3 is 0 Å². The van der Waals surface area contributed by atoms with Crippen molar-refractivity contribution in [3.05, 3.63) is 186 Å². The Morgan fingerprint density at radius 2 is 0.769 bits per heavy atom. The molecule has 0 unspecified atom stereocenters. The molecule has 1 heterocycles. The second-order valence-electron chi connectivity index (χ2n) is 14.4. The van der Waals surface area contributed by atoms with Gasteiger partial charge in [-0.1, -0.05) is 172 Å². The van der Waals surface area contributed by atoms with E-state index in [0.717, 1.165) is 28.7 Å². The van der Waals surface area contributed by atoms with Crippen molar-refractivity contribution < 1.29 is 0 Å². The number of rotatable bonds is 5. The molecule has 0 spiro atoms. The highest BCUT2D eigenvalue weighted by atomic mass is 15.0. The first-order valence-electron chi connectivity index (χ1n) is 18.0. The molecule has 10 rings (SSSR count). The van der Waals surface area contributed by atoms with E-state index in [1.54, 1.807) is 0 Å². The molecule has 8 aromatic rings. The molecule has 0 amide bonds. The fourth-order valence-corrected chi connectivity index (χ4v) is 8.59. The normalized spacial score (nSPS) is 13.3. The van der Waals surface area contributed by atoms with Gasteiger partial charge in [-0.2, -0.15) is 0 Å². The van der Waals surface area contributed by atoms with Crippen LogP contribution in [0.25, 0.3) is 78.7 Å². The SMILES string of the molecule is CC1(C)c2ccccc2-c2cccc(-c3cccc4c3Cc3c(-c5cccc(-c6nc(-c7ccccc7)nc(-c7ccccc7)n6)c5)cccc3-4)c21. The average Bonchev–Trinajstić information content (AvgIpc) is 3.71. The average molecular weight is 666 g/mol. The lowest BCUT2D eigenvalue weighted by atomic mass is 9.78. The first kappa shape index (κ1) is 30.4. The first-order valence-corrected chi connectivity index (χ1v) is 18.0. The molecule has 2 aliphatic carbocycles. The van der Waals surface area contributed by atoms with Gasteiger partial charge in [-0.3, -0.25) is 0 Å². The number of fused-ring (bicyclic) bond motifs is 6. The van der Waals surface area contributed by atoms with Crippen molar-refractivity contribution in [2.24, 2.45) is 0 Å². The maximum atomic E-state index is 5.02. The monoisotopic (exact) mass is 665 g/mol. The largest absolute Gasteiger partial charge is 0.208 e. The summed E-state index contributed by atoms with van der Waals surface area (Å²) < 4.78 is 0. The van der Waals surface area contributed by atoms with E-state index in [2.05, 4.69) is 117 Å². The van der Waals surface area contributed by atoms with E-state index in [-0.39, 0.29) is 5.41 Å². The van der Waals surface area contributed by atoms with Gasteiger partial charge in [0.25, 0.3) is 0 Å². The summed E-state index contributed by atoms with van der Waals surface area (Å²) in [6.45, 7) is 4.75. The molecule has 0 aliphatic heterocycles. The molecule has 0 atom stereocenters. The molecule has 0 saturated carbocycles. The molecule has 0 N–H and O–H groups in total. The molecule has 0 fully saturated rings. The molecule has 0 radical (unpaired) electrons. The number of benzene rings is 7. The van der Waals surface area contributed by atoms with Gasteiger partial charge in [-0.15, -0.1) is 0 Å². The van der Waals surface area contributed by atoms with Crippen LogP contribution in [0.1, 0.15) is 36.1 Å². The number of hydrogen-bond acceptors (Lipinski definition) is 3. The van der Waals surface area contributed by atoms with E-state index in [1.807, 2.05) is 60.7 Å². The van der Waals surface area contributed by atoms with Crippen molar-refractivity contribution in [1.29, 1.82) is 0 Å². The van der Waals surface area contributed by atoms with Gasteiger partial charge in [0, 0.05) is 22.1 Å². The predicted molar refractivity (Wildman–Crippen MR) is 213 cm³/mol. The van der Waals surface area contributed by atoms with Crippen LogP contribution in [0.15, 0.2) is 164 Å². The Morgan fingerprint density at radius 1 is 0.365 bits per heavy atom. The zero-order valence-corrected chi connectivity index (χ0v) is 29.1. The second kappa shape index (κ2) is 11.8. The number of nitrogens with zero attached hydrogens (tertiary/aromatic N) is 3. The van der Waals surface area contributed by atoms with Crippen molar-refractivity contribution in [3.63, 3.8) is 0 Å². The van der Waals surface area contributed by atoms with Gasteiger partial charge in [0.05, 0.1) is 0 Å². The van der Waals surface area contributed by atoms with Crippen LogP contribution >= 0.6 is 0 Å². The van der Waals surface area contributed by atoms with E-state index in [1.165, 1.54) is 61.2 Å². The Hall–Kier alpha value is -6.45. The summed E-state index contributed by atoms with van der Waals surface area (Å²) in [7, 11) is 0. The summed E-state index contributed by atoms with van der Waals surface area (Å²) >= 11 is 0. The van der Waals surface area contributed by atoms with Crippen molar-refractivity contribution in [2.45, 2.75) is 25.7 Å². The molecule has 3 heteroatoms. The van der Waals surface area contributed by atoms with Gasteiger partial charge in [0.1, 0.15) is 0 Å². The highest BCUT2D eigenvalue weighted by molar-refractivity contribution is 5.94. The Balaban J connectivity index is 1.07. The summed E-state index contributed by atoms with van der Waals surface area (Å²) in [6.07, 6.45) is 0.875. The second-order valence-corrected chi connectivity index (χ2v) is 14.4. The van der Waals surface area contributed by atoms with Crippen molar-refractivity contribution in [2.75, 3.05) is 0 Å². The molecule has 52 heavy (non-hydrogen) atoms. The van der Waals surface area contributed by atoms with E-state index in [9.17, 15) is 0 Å². The molecule has 3 nitrogen and oxygen atoms in total. The third-order valence-corrected chi connectivity index (χ3v) is 11.0. The Bertz CT molecular complexity index is 2620. The molecule has 1 aromatic heterocycles. The van der Waals surface area contributed by atoms with Gasteiger partial charge in [0.2, 0.25) is 0 Å². The van der Waals surface area contributed by atoms with Gasteiger partial charge in [-0.05, 0) is 79.2 Å². The van der Waals surface area contributed by atoms with Crippen molar-refractivity contribution in [3.8, 4) is 78.7 Å². The molecular weight excluding hydrogens is 631 g/mol. The molecule has 7 aromatic carbocycles. The van der Waals surface area contributed by atoms with Crippen LogP contribution in [-0.2, 0) is 11.8 Å². The zero-order chi connectivity index (χ0) is 34.8. The first-order chi connectivity index (χ1) is 25.5. The molecule has 0 saturated heterocycles. The fraction of sp³-hybridized carbons (Fsp3) is 0.0816. The summed E-state index contributed by atoms with van der Waals surface area (Å²) in [6, 6.07) is 58.4. The number of aromatic nitrogens is 3. The van der Waals surface area contributed by atoms with Crippen molar-refractivity contribution >= 4 is 0 Å². The van der Waals surface area contributed by atoms with Crippen LogP contribution in [0.5, 0.6) is 0 Å². The quantitative estimate of drug-likeness (QED) is 0.184. The molecule has 2 aliphatic rings. The minimum Gasteiger partial charge on any atom is -0.208 e. The van der Waals surface area contributed by atoms with Crippen LogP contribution in [-0.4, -0.2) is 15.0 Å². The molecular formula is C49H35N3. The van der Waals surface area contributed by atoms with Gasteiger partial charge in [0.15, 0.2) is 17.5 Å². The Kier molecular flexibility index (Phi) is 6.91. The lowest BCUT2D eigenvalue weighted by Gasteiger charge is -2.25. The topological polar surface area (TPSA) is 38.7 Å². The van der Waals surface area contributed by atoms with E-state index in [4.69, 9.17) is 15.0 Å². The smallest absolute Gasteiger partial charge is 0.164 e. The fourth-order valence-electron chi connectivity index (χ4n) is 8.59. The minimum absolute atomic E-state index is 0.0852. The highest BCUT2D eigenvalue weighted by Crippen LogP contribution is 2.54. The summed E-state index contributed by atoms with van der Waals surface area (Å²) in [5.74, 6) is 1.99. The lowest BCUT2D eigenvalue weighted by molar-refractivity contribution is 0.662. The third-order valence-electron chi connectivity index (χ3n) is 11.0. The summed E-state index contributed by atoms with van der Waals surface area (Å²) in [5, 5.41) is 0. The minimum atomic E-state index is -0.0852. The van der Waals surface area contributed by atoms with Crippen LogP contribution in [0.3, 0.4) is 0 Å². The Labute approximate surface area is 304 Å². The van der Waals surface area contributed by atoms with Gasteiger partial charge >= 0.3 is 0 Å². The van der Waals surface area contributed by atoms with Crippen LogP contribution < -0.4 is 0 Å². The third kappa shape index (κ3) is 4.77. The molecule has 246 valence electrons. The van der Waals surface area contributed by atoms with E-state index >= 15 is 0 Å². The van der Waals surface area contributed by atoms with E-state index in [0.29, 0.717) is 17.5 Å². The predicted octanol–water partition coefficient (Wildman–Crippen LogP) is 12.1. The van der Waals surface area contributed by atoms with Crippen LogP contribution in [0.2, 0.25) is 0 Å². The molecule has 0 bridgehead atoms. The highest BCUT2D eigenvalue weighted by Gasteiger charge is 2.38. The van der Waals surface area contributed by atoms with E-state index < -0.39 is 0 Å². The van der Waals surface area contributed by atoms with Crippen LogP contribution in [0.4, 0.5) is 0 Å². The maximum Gasteiger partial charge on any atom is 0.164 e. The number of hydrogen-bond donors (Lipinski definition) is 0. The zero-order valence-electron chi connectivity index (χ0n) is 29.1. The Morgan fingerprint density at radius 3 is 1.40 bits per heavy atom. The maximum absolute atomic E-state index is 5.02. The van der Waals surface area contributed by atoms with Crippen molar-refractivity contribution in [1.82, 2.24) is 15.0 Å². The summed E-state index contributed by atoms with van der Waals surface area (Å²) in [5.41, 5.74) is 18.8. The lowest BCUT2D eigenvalue weighted by Crippen LogP contribution is -2.16. The summed E-state index contributed by atoms with van der Waals surface area (Å²) in [4.78, 5) is 14.9.